The summed E-state index contributed by atoms with van der Waals surface area (Å²) in [5, 5.41) is 18.7. The molecule has 218 valence electrons. The van der Waals surface area contributed by atoms with Gasteiger partial charge in [0.1, 0.15) is 0 Å². The predicted octanol–water partition coefficient (Wildman–Crippen LogP) is 8.78. The van der Waals surface area contributed by atoms with Gasteiger partial charge in [-0.15, -0.1) is 0 Å². The number of hydrogen-bond acceptors (Lipinski definition) is 4. The van der Waals surface area contributed by atoms with Gasteiger partial charge in [0, 0.05) is 23.2 Å². The van der Waals surface area contributed by atoms with E-state index in [1.54, 1.807) is 13.0 Å². The van der Waals surface area contributed by atoms with Gasteiger partial charge in [-0.25, -0.2) is 0 Å². The number of fused-ring (bicyclic) bond motifs is 2. The number of nitrogens with one attached hydrogen (secondary N) is 1. The number of non-ortho nitro benzene ring substituents is 1. The molecule has 5 aromatic carbocycles. The van der Waals surface area contributed by atoms with Gasteiger partial charge in [0.25, 0.3) is 11.6 Å². The molecule has 3 N–H and O–H groups in total. The Kier molecular flexibility index (Phi) is 10.2. The van der Waals surface area contributed by atoms with Crippen molar-refractivity contribution in [1.29, 1.82) is 0 Å². The number of hydrogen-bond donors (Lipinski definition) is 2. The molecule has 0 heterocycles. The number of nitro groups is 1. The van der Waals surface area contributed by atoms with Crippen LogP contribution >= 0.6 is 0 Å². The van der Waals surface area contributed by atoms with E-state index in [2.05, 4.69) is 47.8 Å². The Morgan fingerprint density at radius 3 is 1.74 bits per heavy atom. The van der Waals surface area contributed by atoms with Crippen LogP contribution in [-0.2, 0) is 11.1 Å². The molecule has 0 unspecified atom stereocenters. The molecular weight excluding hydrogens is 522 g/mol. The Hall–Kier alpha value is -4.55. The molecule has 0 aliphatic carbocycles. The summed E-state index contributed by atoms with van der Waals surface area (Å²) in [6.07, 6.45) is 0. The smallest absolute Gasteiger partial charge is 0.270 e. The molecule has 1 amide bonds. The minimum atomic E-state index is -0.644. The lowest BCUT2D eigenvalue weighted by Crippen LogP contribution is -2.41. The number of carbonyl (C=O) groups is 1. The largest absolute Gasteiger partial charge is 0.343 e. The topological polar surface area (TPSA) is 98.3 Å². The number of aryl methyl sites for hydroxylation is 1. The first-order valence-corrected chi connectivity index (χ1v) is 14.2. The van der Waals surface area contributed by atoms with Crippen LogP contribution in [0.1, 0.15) is 68.6 Å². The Morgan fingerprint density at radius 1 is 0.738 bits per heavy atom. The normalized spacial score (nSPS) is 11.1. The second-order valence-electron chi connectivity index (χ2n) is 11.1. The summed E-state index contributed by atoms with van der Waals surface area (Å²) in [6.45, 7) is 13.7. The highest BCUT2D eigenvalue weighted by molar-refractivity contribution is 5.97. The van der Waals surface area contributed by atoms with Crippen LogP contribution in [0.5, 0.6) is 0 Å². The molecule has 0 saturated carbocycles. The molecule has 5 rings (SSSR count). The van der Waals surface area contributed by atoms with Gasteiger partial charge in [-0.2, -0.15) is 0 Å². The Balaban J connectivity index is 0.000000254. The zero-order chi connectivity index (χ0) is 31.1. The van der Waals surface area contributed by atoms with Gasteiger partial charge < -0.3 is 11.1 Å². The lowest BCUT2D eigenvalue weighted by atomic mass is 9.89. The summed E-state index contributed by atoms with van der Waals surface area (Å²) in [5.74, 6) is -0.330. The molecule has 6 heteroatoms. The number of amides is 1. The van der Waals surface area contributed by atoms with Gasteiger partial charge in [0.05, 0.1) is 10.5 Å². The minimum Gasteiger partial charge on any atom is -0.343 e. The van der Waals surface area contributed by atoms with E-state index in [0.29, 0.717) is 11.1 Å². The molecule has 0 bridgehead atoms. The average Bonchev–Trinajstić information content (AvgIpc) is 2.97. The highest BCUT2D eigenvalue weighted by Gasteiger charge is 2.26. The first-order valence-electron chi connectivity index (χ1n) is 14.2. The SMILES string of the molecule is CC.CC(C)(N)c1cccc2ccccc12.Cc1ccc([N+](=O)[O-])cc1C(=O)NC(C)(C)c1cccc2ccccc12. The number of benzene rings is 5. The molecule has 5 aromatic rings. The van der Waals surface area contributed by atoms with Crippen molar-refractivity contribution < 1.29 is 9.72 Å². The Bertz CT molecular complexity index is 1690. The fraction of sp³-hybridized carbons (Fsp3) is 0.250. The van der Waals surface area contributed by atoms with E-state index in [9.17, 15) is 14.9 Å². The van der Waals surface area contributed by atoms with Crippen molar-refractivity contribution in [2.24, 2.45) is 5.73 Å². The molecule has 42 heavy (non-hydrogen) atoms. The van der Waals surface area contributed by atoms with E-state index < -0.39 is 10.5 Å². The number of rotatable bonds is 5. The molecule has 0 aromatic heterocycles. The standard InChI is InChI=1S/C21H20N2O3.C13H15N.C2H6/c1-14-11-12-16(23(25)26)13-18(14)20(24)22-21(2,3)19-10-6-8-15-7-4-5-9-17(15)19;1-13(2,14)12-9-5-7-10-6-3-4-8-11(10)12;1-2/h4-13H,1-3H3,(H,22,24);3-9H,14H2,1-2H3;1-2H3. The highest BCUT2D eigenvalue weighted by Crippen LogP contribution is 2.29. The molecule has 0 saturated heterocycles. The van der Waals surface area contributed by atoms with Crippen LogP contribution in [0.15, 0.2) is 103 Å². The molecule has 0 spiro atoms. The third-order valence-electron chi connectivity index (χ3n) is 7.05. The van der Waals surface area contributed by atoms with Gasteiger partial charge in [-0.3, -0.25) is 14.9 Å². The van der Waals surface area contributed by atoms with Gasteiger partial charge in [-0.05, 0) is 72.9 Å². The van der Waals surface area contributed by atoms with Crippen molar-refractivity contribution in [3.63, 3.8) is 0 Å². The molecule has 6 nitrogen and oxygen atoms in total. The van der Waals surface area contributed by atoms with Gasteiger partial charge in [0.15, 0.2) is 0 Å². The summed E-state index contributed by atoms with van der Waals surface area (Å²) >= 11 is 0. The highest BCUT2D eigenvalue weighted by atomic mass is 16.6. The first-order chi connectivity index (χ1) is 19.9. The molecule has 0 atom stereocenters. The molecule has 0 fully saturated rings. The van der Waals surface area contributed by atoms with Crippen molar-refractivity contribution in [2.45, 2.75) is 59.5 Å². The van der Waals surface area contributed by atoms with Gasteiger partial charge >= 0.3 is 0 Å². The van der Waals surface area contributed by atoms with Crippen LogP contribution in [0.25, 0.3) is 21.5 Å². The second-order valence-corrected chi connectivity index (χ2v) is 11.1. The third-order valence-corrected chi connectivity index (χ3v) is 7.05. The van der Waals surface area contributed by atoms with Crippen LogP contribution in [0.2, 0.25) is 0 Å². The molecule has 0 radical (unpaired) electrons. The van der Waals surface area contributed by atoms with E-state index >= 15 is 0 Å². The first kappa shape index (κ1) is 32.0. The second kappa shape index (κ2) is 13.4. The Morgan fingerprint density at radius 2 is 1.21 bits per heavy atom. The van der Waals surface area contributed by atoms with Crippen LogP contribution in [0, 0.1) is 17.0 Å². The lowest BCUT2D eigenvalue weighted by Gasteiger charge is -2.28. The van der Waals surface area contributed by atoms with Crippen LogP contribution in [-0.4, -0.2) is 10.8 Å². The van der Waals surface area contributed by atoms with E-state index in [1.165, 1.54) is 28.5 Å². The maximum Gasteiger partial charge on any atom is 0.270 e. The quantitative estimate of drug-likeness (QED) is 0.165. The van der Waals surface area contributed by atoms with Crippen LogP contribution in [0.4, 0.5) is 5.69 Å². The van der Waals surface area contributed by atoms with Crippen molar-refractivity contribution in [1.82, 2.24) is 5.32 Å². The number of nitro benzene ring substituents is 1. The summed E-state index contributed by atoms with van der Waals surface area (Å²) < 4.78 is 0. The summed E-state index contributed by atoms with van der Waals surface area (Å²) in [7, 11) is 0. The zero-order valence-electron chi connectivity index (χ0n) is 25.6. The van der Waals surface area contributed by atoms with E-state index in [1.807, 2.05) is 84.0 Å². The van der Waals surface area contributed by atoms with Gasteiger partial charge in [-0.1, -0.05) is 105 Å². The van der Waals surface area contributed by atoms with Crippen molar-refractivity contribution in [3.05, 3.63) is 135 Å². The monoisotopic (exact) mass is 563 g/mol. The van der Waals surface area contributed by atoms with E-state index in [0.717, 1.165) is 16.3 Å². The van der Waals surface area contributed by atoms with Crippen LogP contribution in [0.3, 0.4) is 0 Å². The fourth-order valence-electron chi connectivity index (χ4n) is 4.94. The maximum absolute atomic E-state index is 12.8. The van der Waals surface area contributed by atoms with Crippen molar-refractivity contribution in [2.75, 3.05) is 0 Å². The van der Waals surface area contributed by atoms with E-state index in [4.69, 9.17) is 5.73 Å². The van der Waals surface area contributed by atoms with Crippen molar-refractivity contribution in [3.8, 4) is 0 Å². The predicted molar refractivity (Wildman–Crippen MR) is 175 cm³/mol. The average molecular weight is 564 g/mol. The summed E-state index contributed by atoms with van der Waals surface area (Å²) in [5.41, 5.74) is 8.31. The molecule has 0 aliphatic heterocycles. The number of nitrogens with zero attached hydrogens (tertiary/aromatic N) is 1. The molecule has 0 aliphatic rings. The lowest BCUT2D eigenvalue weighted by molar-refractivity contribution is -0.384. The van der Waals surface area contributed by atoms with E-state index in [-0.39, 0.29) is 17.1 Å². The third kappa shape index (κ3) is 7.39. The maximum atomic E-state index is 12.8. The summed E-state index contributed by atoms with van der Waals surface area (Å²) in [4.78, 5) is 23.4. The minimum absolute atomic E-state index is 0.0938. The fourth-order valence-corrected chi connectivity index (χ4v) is 4.94. The number of carbonyl (C=O) groups excluding carboxylic acids is 1. The zero-order valence-corrected chi connectivity index (χ0v) is 25.6. The summed E-state index contributed by atoms with van der Waals surface area (Å²) in [6, 6.07) is 32.9. The van der Waals surface area contributed by atoms with Gasteiger partial charge in [0.2, 0.25) is 0 Å². The Labute approximate surface area is 248 Å². The van der Waals surface area contributed by atoms with Crippen LogP contribution < -0.4 is 11.1 Å². The molecular formula is C36H41N3O3. The number of nitrogens with two attached hydrogens (primary N) is 1. The van der Waals surface area contributed by atoms with Crippen molar-refractivity contribution >= 4 is 33.1 Å².